The topological polar surface area (TPSA) is 18.5 Å². The number of halogens is 1. The molecule has 0 fully saturated rings. The molecule has 3 heteroatoms. The van der Waals surface area contributed by atoms with Crippen LogP contribution in [-0.2, 0) is 6.42 Å². The number of hydrogen-bond donors (Lipinski definition) is 0. The molecular formula is C21H27FO2. The third-order valence-electron chi connectivity index (χ3n) is 3.91. The van der Waals surface area contributed by atoms with Gasteiger partial charge in [0.1, 0.15) is 17.3 Å². The maximum atomic E-state index is 14.4. The van der Waals surface area contributed by atoms with E-state index in [1.165, 1.54) is 11.6 Å². The number of rotatable bonds is 8. The van der Waals surface area contributed by atoms with Gasteiger partial charge in [0, 0.05) is 11.1 Å². The summed E-state index contributed by atoms with van der Waals surface area (Å²) in [4.78, 5) is 0. The molecule has 0 saturated carbocycles. The zero-order chi connectivity index (χ0) is 17.5. The van der Waals surface area contributed by atoms with Crippen LogP contribution >= 0.6 is 0 Å². The summed E-state index contributed by atoms with van der Waals surface area (Å²) in [6.45, 7) is 7.14. The predicted molar refractivity (Wildman–Crippen MR) is 97.3 cm³/mol. The Balaban J connectivity index is 2.43. The first kappa shape index (κ1) is 18.3. The SMILES string of the molecule is CCCCOc1cc(CC(C)C)ccc1-c1cc(OC)ccc1F. The van der Waals surface area contributed by atoms with Crippen molar-refractivity contribution in [1.82, 2.24) is 0 Å². The van der Waals surface area contributed by atoms with Gasteiger partial charge in [-0.25, -0.2) is 4.39 Å². The van der Waals surface area contributed by atoms with Gasteiger partial charge in [-0.3, -0.25) is 0 Å². The molecule has 0 aliphatic carbocycles. The van der Waals surface area contributed by atoms with E-state index in [4.69, 9.17) is 9.47 Å². The summed E-state index contributed by atoms with van der Waals surface area (Å²) in [5.74, 6) is 1.67. The second-order valence-corrected chi connectivity index (χ2v) is 6.48. The van der Waals surface area contributed by atoms with Crippen molar-refractivity contribution >= 4 is 0 Å². The predicted octanol–water partition coefficient (Wildman–Crippen LogP) is 5.88. The number of hydrogen-bond acceptors (Lipinski definition) is 2. The molecule has 0 amide bonds. The summed E-state index contributed by atoms with van der Waals surface area (Å²) in [5, 5.41) is 0. The standard InChI is InChI=1S/C21H27FO2/c1-5-6-11-24-21-13-16(12-15(2)3)7-9-18(21)19-14-17(23-4)8-10-20(19)22/h7-10,13-15H,5-6,11-12H2,1-4H3. The molecule has 0 bridgehead atoms. The minimum Gasteiger partial charge on any atom is -0.497 e. The zero-order valence-corrected chi connectivity index (χ0v) is 15.1. The number of ether oxygens (including phenoxy) is 2. The summed E-state index contributed by atoms with van der Waals surface area (Å²) in [6.07, 6.45) is 3.02. The molecule has 2 aromatic rings. The largest absolute Gasteiger partial charge is 0.497 e. The van der Waals surface area contributed by atoms with Crippen LogP contribution in [0, 0.1) is 11.7 Å². The number of unbranched alkanes of at least 4 members (excludes halogenated alkanes) is 1. The van der Waals surface area contributed by atoms with Crippen molar-refractivity contribution in [2.45, 2.75) is 40.0 Å². The minimum atomic E-state index is -0.271. The molecule has 130 valence electrons. The van der Waals surface area contributed by atoms with E-state index in [0.717, 1.165) is 30.6 Å². The van der Waals surface area contributed by atoms with E-state index in [9.17, 15) is 4.39 Å². The molecular weight excluding hydrogens is 303 g/mol. The van der Waals surface area contributed by atoms with E-state index in [0.29, 0.717) is 23.8 Å². The third kappa shape index (κ3) is 4.73. The summed E-state index contributed by atoms with van der Waals surface area (Å²) < 4.78 is 25.6. The van der Waals surface area contributed by atoms with Gasteiger partial charge in [0.15, 0.2) is 0 Å². The van der Waals surface area contributed by atoms with Gasteiger partial charge in [-0.2, -0.15) is 0 Å². The minimum absolute atomic E-state index is 0.271. The Bertz CT molecular complexity index is 665. The van der Waals surface area contributed by atoms with E-state index in [2.05, 4.69) is 26.8 Å². The van der Waals surface area contributed by atoms with Gasteiger partial charge < -0.3 is 9.47 Å². The van der Waals surface area contributed by atoms with E-state index >= 15 is 0 Å². The molecule has 0 unspecified atom stereocenters. The van der Waals surface area contributed by atoms with Crippen molar-refractivity contribution in [3.05, 3.63) is 47.8 Å². The van der Waals surface area contributed by atoms with Crippen LogP contribution in [0.5, 0.6) is 11.5 Å². The van der Waals surface area contributed by atoms with Crippen LogP contribution in [0.25, 0.3) is 11.1 Å². The molecule has 0 aliphatic rings. The van der Waals surface area contributed by atoms with Crippen molar-refractivity contribution in [2.24, 2.45) is 5.92 Å². The van der Waals surface area contributed by atoms with Gasteiger partial charge in [-0.15, -0.1) is 0 Å². The Labute approximate surface area is 144 Å². The zero-order valence-electron chi connectivity index (χ0n) is 15.1. The Kier molecular flexibility index (Phi) is 6.65. The van der Waals surface area contributed by atoms with Crippen LogP contribution in [0.4, 0.5) is 4.39 Å². The molecule has 2 aromatic carbocycles. The van der Waals surface area contributed by atoms with Gasteiger partial charge >= 0.3 is 0 Å². The van der Waals surface area contributed by atoms with E-state index < -0.39 is 0 Å². The smallest absolute Gasteiger partial charge is 0.131 e. The molecule has 24 heavy (non-hydrogen) atoms. The summed E-state index contributed by atoms with van der Waals surface area (Å²) in [7, 11) is 1.58. The molecule has 0 N–H and O–H groups in total. The Hall–Kier alpha value is -2.03. The average Bonchev–Trinajstić information content (AvgIpc) is 2.56. The molecule has 2 nitrogen and oxygen atoms in total. The monoisotopic (exact) mass is 330 g/mol. The fourth-order valence-corrected chi connectivity index (χ4v) is 2.67. The van der Waals surface area contributed by atoms with E-state index in [1.54, 1.807) is 19.2 Å². The summed E-state index contributed by atoms with van der Waals surface area (Å²) in [6, 6.07) is 10.8. The summed E-state index contributed by atoms with van der Waals surface area (Å²) in [5.41, 5.74) is 2.50. The normalized spacial score (nSPS) is 10.9. The molecule has 0 aliphatic heterocycles. The first-order valence-electron chi connectivity index (χ1n) is 8.64. The van der Waals surface area contributed by atoms with Gasteiger partial charge in [-0.05, 0) is 48.6 Å². The Morgan fingerprint density at radius 2 is 1.83 bits per heavy atom. The summed E-state index contributed by atoms with van der Waals surface area (Å²) >= 11 is 0. The second kappa shape index (κ2) is 8.72. The average molecular weight is 330 g/mol. The van der Waals surface area contributed by atoms with Gasteiger partial charge in [0.2, 0.25) is 0 Å². The fourth-order valence-electron chi connectivity index (χ4n) is 2.67. The van der Waals surface area contributed by atoms with Crippen molar-refractivity contribution in [3.8, 4) is 22.6 Å². The van der Waals surface area contributed by atoms with Gasteiger partial charge in [0.05, 0.1) is 13.7 Å². The van der Waals surface area contributed by atoms with Crippen LogP contribution in [0.2, 0.25) is 0 Å². The maximum Gasteiger partial charge on any atom is 0.131 e. The highest BCUT2D eigenvalue weighted by atomic mass is 19.1. The van der Waals surface area contributed by atoms with Crippen LogP contribution in [-0.4, -0.2) is 13.7 Å². The highest BCUT2D eigenvalue weighted by Gasteiger charge is 2.14. The Morgan fingerprint density at radius 1 is 1.04 bits per heavy atom. The molecule has 0 saturated heterocycles. The fraction of sp³-hybridized carbons (Fsp3) is 0.429. The van der Waals surface area contributed by atoms with Crippen LogP contribution < -0.4 is 9.47 Å². The third-order valence-corrected chi connectivity index (χ3v) is 3.91. The van der Waals surface area contributed by atoms with E-state index in [1.807, 2.05) is 12.1 Å². The lowest BCUT2D eigenvalue weighted by Crippen LogP contribution is -2.01. The lowest BCUT2D eigenvalue weighted by molar-refractivity contribution is 0.310. The van der Waals surface area contributed by atoms with Gasteiger partial charge in [0.25, 0.3) is 0 Å². The van der Waals surface area contributed by atoms with Crippen molar-refractivity contribution < 1.29 is 13.9 Å². The van der Waals surface area contributed by atoms with Crippen LogP contribution in [0.1, 0.15) is 39.2 Å². The van der Waals surface area contributed by atoms with Crippen molar-refractivity contribution in [1.29, 1.82) is 0 Å². The quantitative estimate of drug-likeness (QED) is 0.563. The molecule has 0 aromatic heterocycles. The van der Waals surface area contributed by atoms with Crippen LogP contribution in [0.15, 0.2) is 36.4 Å². The van der Waals surface area contributed by atoms with Crippen molar-refractivity contribution in [3.63, 3.8) is 0 Å². The number of benzene rings is 2. The molecule has 0 atom stereocenters. The number of methoxy groups -OCH3 is 1. The first-order valence-corrected chi connectivity index (χ1v) is 8.64. The molecule has 0 spiro atoms. The molecule has 0 heterocycles. The van der Waals surface area contributed by atoms with Crippen molar-refractivity contribution in [2.75, 3.05) is 13.7 Å². The first-order chi connectivity index (χ1) is 11.5. The molecule has 0 radical (unpaired) electrons. The highest BCUT2D eigenvalue weighted by Crippen LogP contribution is 2.35. The lowest BCUT2D eigenvalue weighted by Gasteiger charge is -2.15. The second-order valence-electron chi connectivity index (χ2n) is 6.48. The van der Waals surface area contributed by atoms with Crippen LogP contribution in [0.3, 0.4) is 0 Å². The van der Waals surface area contributed by atoms with E-state index in [-0.39, 0.29) is 5.82 Å². The highest BCUT2D eigenvalue weighted by molar-refractivity contribution is 5.72. The maximum absolute atomic E-state index is 14.4. The van der Waals surface area contributed by atoms with Gasteiger partial charge in [-0.1, -0.05) is 39.3 Å². The lowest BCUT2D eigenvalue weighted by atomic mass is 9.97. The molecule has 2 rings (SSSR count). The Morgan fingerprint density at radius 3 is 2.50 bits per heavy atom.